The summed E-state index contributed by atoms with van der Waals surface area (Å²) in [6.07, 6.45) is 1.77. The van der Waals surface area contributed by atoms with Crippen molar-refractivity contribution in [2.45, 2.75) is 6.42 Å². The second-order valence-corrected chi connectivity index (χ2v) is 5.78. The highest BCUT2D eigenvalue weighted by Gasteiger charge is 2.15. The van der Waals surface area contributed by atoms with E-state index in [4.69, 9.17) is 8.94 Å². The molecule has 10 heteroatoms. The summed E-state index contributed by atoms with van der Waals surface area (Å²) in [5, 5.41) is 6.53. The van der Waals surface area contributed by atoms with E-state index in [2.05, 4.69) is 20.4 Å². The second kappa shape index (κ2) is 7.19. The summed E-state index contributed by atoms with van der Waals surface area (Å²) in [6, 6.07) is 11.4. The molecule has 3 aromatic heterocycles. The normalized spacial score (nSPS) is 10.7. The van der Waals surface area contributed by atoms with E-state index in [-0.39, 0.29) is 12.1 Å². The highest BCUT2D eigenvalue weighted by atomic mass is 16.5. The molecule has 4 rings (SSSR count). The van der Waals surface area contributed by atoms with Crippen LogP contribution in [0.25, 0.3) is 11.6 Å². The van der Waals surface area contributed by atoms with Crippen molar-refractivity contribution in [1.82, 2.24) is 20.1 Å². The lowest BCUT2D eigenvalue weighted by atomic mass is 10.1. The Bertz CT molecular complexity index is 1210. The average Bonchev–Trinajstić information content (AvgIpc) is 3.34. The second-order valence-electron chi connectivity index (χ2n) is 5.78. The highest BCUT2D eigenvalue weighted by Crippen LogP contribution is 2.21. The number of furan rings is 1. The molecule has 3 N–H and O–H groups in total. The third kappa shape index (κ3) is 3.65. The summed E-state index contributed by atoms with van der Waals surface area (Å²) in [7, 11) is 0. The molecule has 0 atom stereocenters. The Labute approximate surface area is 156 Å². The van der Waals surface area contributed by atoms with Gasteiger partial charge in [-0.15, -0.1) is 0 Å². The summed E-state index contributed by atoms with van der Waals surface area (Å²) in [5.41, 5.74) is -0.397. The Hall–Kier alpha value is -4.21. The molecule has 4 aromatic rings. The summed E-state index contributed by atoms with van der Waals surface area (Å²) < 4.78 is 10.5. The molecule has 3 heterocycles. The van der Waals surface area contributed by atoms with Gasteiger partial charge in [0.2, 0.25) is 11.7 Å². The maximum absolute atomic E-state index is 12.4. The monoisotopic (exact) mass is 379 g/mol. The number of para-hydroxylation sites is 1. The van der Waals surface area contributed by atoms with Gasteiger partial charge in [0.05, 0.1) is 12.7 Å². The SMILES string of the molecule is O=C(Nc1ccccc1Cc1nc(-c2ccco2)no1)c1cc(=O)[nH]c(=O)[nH]1. The Morgan fingerprint density at radius 3 is 2.75 bits per heavy atom. The number of aromatic nitrogens is 4. The first kappa shape index (κ1) is 17.2. The van der Waals surface area contributed by atoms with Crippen LogP contribution in [0, 0.1) is 0 Å². The fourth-order valence-electron chi connectivity index (χ4n) is 2.57. The van der Waals surface area contributed by atoms with Gasteiger partial charge >= 0.3 is 5.69 Å². The van der Waals surface area contributed by atoms with Crippen LogP contribution in [0.5, 0.6) is 0 Å². The number of anilines is 1. The van der Waals surface area contributed by atoms with Crippen molar-refractivity contribution in [2.75, 3.05) is 5.32 Å². The van der Waals surface area contributed by atoms with Gasteiger partial charge in [0.1, 0.15) is 5.69 Å². The maximum Gasteiger partial charge on any atom is 0.326 e. The minimum absolute atomic E-state index is 0.151. The van der Waals surface area contributed by atoms with E-state index in [0.717, 1.165) is 6.07 Å². The minimum atomic E-state index is -0.762. The quantitative estimate of drug-likeness (QED) is 0.476. The van der Waals surface area contributed by atoms with Crippen LogP contribution in [0.3, 0.4) is 0 Å². The van der Waals surface area contributed by atoms with Gasteiger partial charge in [-0.2, -0.15) is 4.98 Å². The summed E-state index contributed by atoms with van der Waals surface area (Å²) >= 11 is 0. The first-order valence-electron chi connectivity index (χ1n) is 8.18. The van der Waals surface area contributed by atoms with Gasteiger partial charge in [0.25, 0.3) is 11.5 Å². The molecule has 0 aliphatic carbocycles. The zero-order valence-electron chi connectivity index (χ0n) is 14.3. The number of carbonyl (C=O) groups is 1. The van der Waals surface area contributed by atoms with Crippen LogP contribution in [0.4, 0.5) is 5.69 Å². The van der Waals surface area contributed by atoms with Crippen molar-refractivity contribution in [3.63, 3.8) is 0 Å². The lowest BCUT2D eigenvalue weighted by Crippen LogP contribution is -2.27. The number of hydrogen-bond donors (Lipinski definition) is 3. The molecule has 0 bridgehead atoms. The number of carbonyl (C=O) groups excluding carboxylic acids is 1. The first-order valence-corrected chi connectivity index (χ1v) is 8.18. The van der Waals surface area contributed by atoms with Gasteiger partial charge in [-0.3, -0.25) is 14.6 Å². The van der Waals surface area contributed by atoms with E-state index in [1.54, 1.807) is 36.4 Å². The zero-order valence-corrected chi connectivity index (χ0v) is 14.3. The van der Waals surface area contributed by atoms with Gasteiger partial charge in [-0.1, -0.05) is 23.4 Å². The molecule has 0 saturated carbocycles. The van der Waals surface area contributed by atoms with Crippen LogP contribution < -0.4 is 16.6 Å². The molecule has 10 nitrogen and oxygen atoms in total. The third-order valence-corrected chi connectivity index (χ3v) is 3.82. The maximum atomic E-state index is 12.4. The minimum Gasteiger partial charge on any atom is -0.461 e. The standard InChI is InChI=1S/C18H13N5O5/c24-14-9-12(20-18(26)21-14)17(25)19-11-5-2-1-4-10(11)8-15-22-16(23-28-15)13-6-3-7-27-13/h1-7,9H,8H2,(H,19,25)(H2,20,21,24,26). The van der Waals surface area contributed by atoms with Crippen molar-refractivity contribution < 1.29 is 13.7 Å². The number of hydrogen-bond acceptors (Lipinski definition) is 7. The Balaban J connectivity index is 1.56. The molecule has 1 aromatic carbocycles. The van der Waals surface area contributed by atoms with Crippen LogP contribution in [0.2, 0.25) is 0 Å². The molecule has 0 saturated heterocycles. The molecule has 0 spiro atoms. The summed E-state index contributed by atoms with van der Waals surface area (Å²) in [5.74, 6) is 0.507. The lowest BCUT2D eigenvalue weighted by Gasteiger charge is -2.09. The predicted octanol–water partition coefficient (Wildman–Crippen LogP) is 1.55. The number of aromatic amines is 2. The van der Waals surface area contributed by atoms with Crippen molar-refractivity contribution >= 4 is 11.6 Å². The van der Waals surface area contributed by atoms with Crippen LogP contribution in [0.15, 0.2) is 67.3 Å². The van der Waals surface area contributed by atoms with Crippen molar-refractivity contribution in [2.24, 2.45) is 0 Å². The van der Waals surface area contributed by atoms with E-state index in [9.17, 15) is 14.4 Å². The zero-order chi connectivity index (χ0) is 19.5. The molecule has 0 fully saturated rings. The third-order valence-electron chi connectivity index (χ3n) is 3.82. The predicted molar refractivity (Wildman–Crippen MR) is 96.9 cm³/mol. The smallest absolute Gasteiger partial charge is 0.326 e. The van der Waals surface area contributed by atoms with Gasteiger partial charge in [-0.05, 0) is 23.8 Å². The van der Waals surface area contributed by atoms with E-state index in [0.29, 0.717) is 28.7 Å². The number of H-pyrrole nitrogens is 2. The first-order chi connectivity index (χ1) is 13.6. The summed E-state index contributed by atoms with van der Waals surface area (Å²) in [6.45, 7) is 0. The van der Waals surface area contributed by atoms with Gasteiger partial charge in [-0.25, -0.2) is 4.79 Å². The van der Waals surface area contributed by atoms with Gasteiger partial charge in [0, 0.05) is 11.8 Å². The number of benzene rings is 1. The number of rotatable bonds is 5. The Kier molecular flexibility index (Phi) is 4.42. The number of nitrogens with one attached hydrogen (secondary N) is 3. The number of amides is 1. The van der Waals surface area contributed by atoms with Crippen LogP contribution in [0.1, 0.15) is 21.9 Å². The molecule has 0 unspecified atom stereocenters. The molecule has 0 aliphatic rings. The van der Waals surface area contributed by atoms with Crippen LogP contribution >= 0.6 is 0 Å². The van der Waals surface area contributed by atoms with E-state index >= 15 is 0 Å². The topological polar surface area (TPSA) is 147 Å². The van der Waals surface area contributed by atoms with E-state index < -0.39 is 17.2 Å². The largest absolute Gasteiger partial charge is 0.461 e. The summed E-state index contributed by atoms with van der Waals surface area (Å²) in [4.78, 5) is 43.7. The Morgan fingerprint density at radius 2 is 1.96 bits per heavy atom. The fourth-order valence-corrected chi connectivity index (χ4v) is 2.57. The molecule has 1 amide bonds. The molecular weight excluding hydrogens is 366 g/mol. The molecule has 140 valence electrons. The lowest BCUT2D eigenvalue weighted by molar-refractivity contribution is 0.102. The van der Waals surface area contributed by atoms with Crippen molar-refractivity contribution in [1.29, 1.82) is 0 Å². The molecular formula is C18H13N5O5. The van der Waals surface area contributed by atoms with E-state index in [1.165, 1.54) is 6.26 Å². The fraction of sp³-hybridized carbons (Fsp3) is 0.0556. The van der Waals surface area contributed by atoms with Crippen molar-refractivity contribution in [3.8, 4) is 11.6 Å². The van der Waals surface area contributed by atoms with Crippen molar-refractivity contribution in [3.05, 3.63) is 86.7 Å². The van der Waals surface area contributed by atoms with Crippen LogP contribution in [-0.2, 0) is 6.42 Å². The van der Waals surface area contributed by atoms with E-state index in [1.807, 2.05) is 4.98 Å². The molecule has 0 aliphatic heterocycles. The van der Waals surface area contributed by atoms with Crippen LogP contribution in [-0.4, -0.2) is 26.0 Å². The molecule has 28 heavy (non-hydrogen) atoms. The Morgan fingerprint density at radius 1 is 1.11 bits per heavy atom. The average molecular weight is 379 g/mol. The van der Waals surface area contributed by atoms with Gasteiger partial charge in [0.15, 0.2) is 5.76 Å². The van der Waals surface area contributed by atoms with Gasteiger partial charge < -0.3 is 19.2 Å². The number of nitrogens with zero attached hydrogens (tertiary/aromatic N) is 2. The molecule has 0 radical (unpaired) electrons. The highest BCUT2D eigenvalue weighted by molar-refractivity contribution is 6.03.